The first kappa shape index (κ1) is 20.1. The number of amides is 1. The Kier molecular flexibility index (Phi) is 6.45. The average molecular weight is 356 g/mol. The lowest BCUT2D eigenvalue weighted by atomic mass is 10.1. The largest absolute Gasteiger partial charge is 0.343 e. The molecule has 0 saturated carbocycles. The molecule has 2 aromatic rings. The molecule has 132 valence electrons. The van der Waals surface area contributed by atoms with Crippen LogP contribution in [0.4, 0.5) is 4.39 Å². The quantitative estimate of drug-likeness (QED) is 0.862. The monoisotopic (exact) mass is 355 g/mol. The molecule has 2 rings (SSSR count). The van der Waals surface area contributed by atoms with Gasteiger partial charge in [0, 0.05) is 18.0 Å². The summed E-state index contributed by atoms with van der Waals surface area (Å²) in [5.41, 5.74) is 5.59. The average Bonchev–Trinajstić information content (AvgIpc) is 2.92. The summed E-state index contributed by atoms with van der Waals surface area (Å²) < 4.78 is 15.0. The van der Waals surface area contributed by atoms with Crippen LogP contribution in [0, 0.1) is 5.82 Å². The van der Waals surface area contributed by atoms with Gasteiger partial charge in [-0.3, -0.25) is 4.79 Å². The van der Waals surface area contributed by atoms with E-state index in [1.165, 1.54) is 16.8 Å². The predicted octanol–water partition coefficient (Wildman–Crippen LogP) is 2.42. The topological polar surface area (TPSA) is 85.8 Å². The zero-order valence-electron chi connectivity index (χ0n) is 14.2. The second-order valence-electron chi connectivity index (χ2n) is 6.38. The number of nitrogens with zero attached hydrogens (tertiary/aromatic N) is 3. The Hall–Kier alpha value is -1.99. The van der Waals surface area contributed by atoms with Gasteiger partial charge in [0.2, 0.25) is 5.82 Å². The van der Waals surface area contributed by atoms with Crippen molar-refractivity contribution in [2.45, 2.75) is 39.2 Å². The molecule has 1 aromatic heterocycles. The van der Waals surface area contributed by atoms with E-state index in [1.807, 2.05) is 27.7 Å². The fourth-order valence-electron chi connectivity index (χ4n) is 2.01. The fraction of sp³-hybridized carbons (Fsp3) is 0.438. The molecule has 1 heterocycles. The first-order chi connectivity index (χ1) is 10.7. The summed E-state index contributed by atoms with van der Waals surface area (Å²) in [5.74, 6) is -0.124. The van der Waals surface area contributed by atoms with Gasteiger partial charge in [0.25, 0.3) is 5.91 Å². The van der Waals surface area contributed by atoms with E-state index >= 15 is 0 Å². The Balaban J connectivity index is 0.00000288. The van der Waals surface area contributed by atoms with Crippen molar-refractivity contribution in [2.24, 2.45) is 5.73 Å². The number of nitrogens with two attached hydrogens (primary N) is 1. The minimum atomic E-state index is -0.556. The molecular formula is C16H23ClFN5O. The minimum Gasteiger partial charge on any atom is -0.343 e. The second-order valence-corrected chi connectivity index (χ2v) is 6.38. The van der Waals surface area contributed by atoms with E-state index in [1.54, 1.807) is 12.1 Å². The lowest BCUT2D eigenvalue weighted by Gasteiger charge is -2.23. The highest BCUT2D eigenvalue weighted by Crippen LogP contribution is 2.18. The Morgan fingerprint density at radius 1 is 1.42 bits per heavy atom. The van der Waals surface area contributed by atoms with Crippen LogP contribution >= 0.6 is 12.4 Å². The molecule has 0 radical (unpaired) electrons. The summed E-state index contributed by atoms with van der Waals surface area (Å²) in [6, 6.07) is 6.02. The molecule has 0 fully saturated rings. The summed E-state index contributed by atoms with van der Waals surface area (Å²) in [6.45, 7) is 7.80. The van der Waals surface area contributed by atoms with Crippen molar-refractivity contribution in [3.05, 3.63) is 41.7 Å². The lowest BCUT2D eigenvalue weighted by molar-refractivity contribution is 0.0905. The van der Waals surface area contributed by atoms with E-state index in [-0.39, 0.29) is 30.0 Å². The smallest absolute Gasteiger partial charge is 0.291 e. The lowest BCUT2D eigenvalue weighted by Crippen LogP contribution is -2.49. The highest BCUT2D eigenvalue weighted by molar-refractivity contribution is 5.91. The fourth-order valence-corrected chi connectivity index (χ4v) is 2.01. The molecule has 6 nitrogen and oxygen atoms in total. The first-order valence-corrected chi connectivity index (χ1v) is 7.49. The number of carbonyl (C=O) groups excluding carboxylic acids is 1. The third kappa shape index (κ3) is 4.52. The summed E-state index contributed by atoms with van der Waals surface area (Å²) in [7, 11) is 0. The van der Waals surface area contributed by atoms with Crippen molar-refractivity contribution in [2.75, 3.05) is 6.54 Å². The van der Waals surface area contributed by atoms with Crippen LogP contribution in [0.5, 0.6) is 0 Å². The standard InChI is InChI=1S/C16H22FN5O.ClH/c1-10(2)14-19-13(15(23)20-16(3,4)9-18)21-22(14)12-7-5-6-11(17)8-12;/h5-8,10H,9,18H2,1-4H3,(H,20,23);1H. The van der Waals surface area contributed by atoms with Crippen molar-refractivity contribution in [1.29, 1.82) is 0 Å². The number of hydrogen-bond acceptors (Lipinski definition) is 4. The van der Waals surface area contributed by atoms with Gasteiger partial charge >= 0.3 is 0 Å². The van der Waals surface area contributed by atoms with Gasteiger partial charge < -0.3 is 11.1 Å². The normalized spacial score (nSPS) is 11.3. The number of hydrogen-bond donors (Lipinski definition) is 2. The van der Waals surface area contributed by atoms with Crippen molar-refractivity contribution in [3.8, 4) is 5.69 Å². The van der Waals surface area contributed by atoms with Crippen LogP contribution in [0.1, 0.15) is 50.1 Å². The molecule has 24 heavy (non-hydrogen) atoms. The van der Waals surface area contributed by atoms with Crippen LogP contribution in [-0.4, -0.2) is 32.8 Å². The van der Waals surface area contributed by atoms with E-state index in [9.17, 15) is 9.18 Å². The maximum absolute atomic E-state index is 13.5. The number of benzene rings is 1. The summed E-state index contributed by atoms with van der Waals surface area (Å²) in [4.78, 5) is 16.6. The predicted molar refractivity (Wildman–Crippen MR) is 93.3 cm³/mol. The zero-order valence-corrected chi connectivity index (χ0v) is 15.0. The molecule has 0 aliphatic rings. The van der Waals surface area contributed by atoms with Gasteiger partial charge in [0.15, 0.2) is 0 Å². The number of halogens is 2. The van der Waals surface area contributed by atoms with E-state index in [4.69, 9.17) is 5.73 Å². The van der Waals surface area contributed by atoms with Crippen LogP contribution < -0.4 is 11.1 Å². The minimum absolute atomic E-state index is 0. The van der Waals surface area contributed by atoms with Gasteiger partial charge in [0.1, 0.15) is 11.6 Å². The number of aromatic nitrogens is 3. The van der Waals surface area contributed by atoms with Crippen LogP contribution in [0.15, 0.2) is 24.3 Å². The second kappa shape index (κ2) is 7.72. The van der Waals surface area contributed by atoms with Crippen molar-refractivity contribution >= 4 is 18.3 Å². The van der Waals surface area contributed by atoms with Gasteiger partial charge in [-0.2, -0.15) is 0 Å². The van der Waals surface area contributed by atoms with Gasteiger partial charge in [-0.05, 0) is 32.0 Å². The summed E-state index contributed by atoms with van der Waals surface area (Å²) in [6.07, 6.45) is 0. The first-order valence-electron chi connectivity index (χ1n) is 7.49. The van der Waals surface area contributed by atoms with Crippen molar-refractivity contribution in [1.82, 2.24) is 20.1 Å². The molecule has 0 unspecified atom stereocenters. The van der Waals surface area contributed by atoms with E-state index in [2.05, 4.69) is 15.4 Å². The third-order valence-electron chi connectivity index (χ3n) is 3.37. The molecule has 0 spiro atoms. The molecule has 1 aromatic carbocycles. The van der Waals surface area contributed by atoms with Gasteiger partial charge in [-0.25, -0.2) is 14.1 Å². The SMILES string of the molecule is CC(C)c1nc(C(=O)NC(C)(C)CN)nn1-c1cccc(F)c1.Cl. The summed E-state index contributed by atoms with van der Waals surface area (Å²) >= 11 is 0. The molecule has 1 amide bonds. The van der Waals surface area contributed by atoms with Crippen molar-refractivity contribution in [3.63, 3.8) is 0 Å². The molecule has 0 saturated heterocycles. The van der Waals surface area contributed by atoms with Crippen molar-refractivity contribution < 1.29 is 9.18 Å². The molecule has 3 N–H and O–H groups in total. The van der Waals surface area contributed by atoms with Crippen LogP contribution in [0.25, 0.3) is 5.69 Å². The van der Waals surface area contributed by atoms with Gasteiger partial charge in [-0.1, -0.05) is 19.9 Å². The highest BCUT2D eigenvalue weighted by atomic mass is 35.5. The summed E-state index contributed by atoms with van der Waals surface area (Å²) in [5, 5.41) is 7.04. The Morgan fingerprint density at radius 3 is 2.62 bits per heavy atom. The van der Waals surface area contributed by atoms with Crippen LogP contribution in [-0.2, 0) is 0 Å². The number of carbonyl (C=O) groups is 1. The maximum atomic E-state index is 13.5. The van der Waals surface area contributed by atoms with Crippen LogP contribution in [0.2, 0.25) is 0 Å². The highest BCUT2D eigenvalue weighted by Gasteiger charge is 2.24. The van der Waals surface area contributed by atoms with Gasteiger partial charge in [0.05, 0.1) is 5.69 Å². The third-order valence-corrected chi connectivity index (χ3v) is 3.37. The molecule has 0 atom stereocenters. The molecule has 0 aliphatic carbocycles. The zero-order chi connectivity index (χ0) is 17.2. The van der Waals surface area contributed by atoms with Crippen LogP contribution in [0.3, 0.4) is 0 Å². The molecular weight excluding hydrogens is 333 g/mol. The van der Waals surface area contributed by atoms with E-state index in [0.29, 0.717) is 18.1 Å². The molecule has 0 aliphatic heterocycles. The van der Waals surface area contributed by atoms with Gasteiger partial charge in [-0.15, -0.1) is 17.5 Å². The Bertz CT molecular complexity index is 714. The molecule has 0 bridgehead atoms. The van der Waals surface area contributed by atoms with E-state index < -0.39 is 11.4 Å². The maximum Gasteiger partial charge on any atom is 0.291 e. The Morgan fingerprint density at radius 2 is 2.08 bits per heavy atom. The number of nitrogens with one attached hydrogen (secondary N) is 1. The van der Waals surface area contributed by atoms with E-state index in [0.717, 1.165) is 0 Å². The number of rotatable bonds is 5. The Labute approximate surface area is 147 Å². The molecule has 8 heteroatoms.